The van der Waals surface area contributed by atoms with Crippen LogP contribution in [0.15, 0.2) is 78.9 Å². The maximum Gasteiger partial charge on any atom is 0.324 e. The molecule has 3 amide bonds. The molecule has 1 unspecified atom stereocenters. The van der Waals surface area contributed by atoms with E-state index in [1.807, 2.05) is 54.3 Å². The molecule has 1 N–H and O–H groups in total. The number of amides is 3. The first kappa shape index (κ1) is 32.5. The molecule has 1 atom stereocenters. The lowest BCUT2D eigenvalue weighted by Gasteiger charge is -2.48. The number of piperazine rings is 1. The number of halogens is 2. The van der Waals surface area contributed by atoms with Crippen LogP contribution in [0.25, 0.3) is 6.08 Å². The second kappa shape index (κ2) is 14.5. The van der Waals surface area contributed by atoms with Crippen molar-refractivity contribution in [2.45, 2.75) is 26.3 Å². The lowest BCUT2D eigenvalue weighted by molar-refractivity contribution is -0.142. The smallest absolute Gasteiger partial charge is 0.324 e. The van der Waals surface area contributed by atoms with E-state index in [0.29, 0.717) is 34.4 Å². The Bertz CT molecular complexity index is 1540. The summed E-state index contributed by atoms with van der Waals surface area (Å²) in [6.45, 7) is 5.70. The van der Waals surface area contributed by atoms with Gasteiger partial charge in [-0.3, -0.25) is 19.4 Å². The van der Waals surface area contributed by atoms with E-state index < -0.39 is 11.4 Å². The second-order valence-corrected chi connectivity index (χ2v) is 12.9. The largest absolute Gasteiger partial charge is 0.481 e. The Kier molecular flexibility index (Phi) is 10.5. The molecule has 2 heterocycles. The molecular weight excluding hydrogens is 611 g/mol. The Labute approximate surface area is 274 Å². The van der Waals surface area contributed by atoms with Crippen molar-refractivity contribution in [3.8, 4) is 0 Å². The second-order valence-electron chi connectivity index (χ2n) is 12.0. The van der Waals surface area contributed by atoms with Gasteiger partial charge in [-0.15, -0.1) is 0 Å². The number of nitrogens with zero attached hydrogens (tertiary/aromatic N) is 4. The van der Waals surface area contributed by atoms with E-state index >= 15 is 0 Å². The van der Waals surface area contributed by atoms with Crippen LogP contribution in [0.3, 0.4) is 0 Å². The summed E-state index contributed by atoms with van der Waals surface area (Å²) < 4.78 is 0. The molecule has 236 valence electrons. The molecule has 3 aromatic carbocycles. The van der Waals surface area contributed by atoms with E-state index in [9.17, 15) is 19.5 Å². The summed E-state index contributed by atoms with van der Waals surface area (Å²) in [5.74, 6) is -1.11. The quantitative estimate of drug-likeness (QED) is 0.273. The number of carbonyl (C=O) groups is 3. The molecule has 0 spiro atoms. The summed E-state index contributed by atoms with van der Waals surface area (Å²) in [5.41, 5.74) is 2.50. The molecule has 2 fully saturated rings. The Hall–Kier alpha value is -3.85. The molecule has 45 heavy (non-hydrogen) atoms. The van der Waals surface area contributed by atoms with Gasteiger partial charge in [0.05, 0.1) is 6.42 Å². The summed E-state index contributed by atoms with van der Waals surface area (Å²) in [5, 5.41) is 11.0. The number of aliphatic carboxylic acids is 1. The van der Waals surface area contributed by atoms with Crippen LogP contribution in [-0.4, -0.2) is 83.5 Å². The zero-order valence-corrected chi connectivity index (χ0v) is 26.9. The molecule has 8 nitrogen and oxygen atoms in total. The van der Waals surface area contributed by atoms with Gasteiger partial charge in [-0.25, -0.2) is 4.79 Å². The van der Waals surface area contributed by atoms with Crippen LogP contribution in [0.1, 0.15) is 29.5 Å². The van der Waals surface area contributed by atoms with Crippen LogP contribution in [-0.2, 0) is 16.1 Å². The van der Waals surface area contributed by atoms with Crippen molar-refractivity contribution in [3.63, 3.8) is 0 Å². The van der Waals surface area contributed by atoms with Crippen LogP contribution >= 0.6 is 23.2 Å². The molecule has 0 aliphatic carbocycles. The Morgan fingerprint density at radius 1 is 0.911 bits per heavy atom. The number of hydrogen-bond donors (Lipinski definition) is 1. The van der Waals surface area contributed by atoms with E-state index in [4.69, 9.17) is 23.2 Å². The topological polar surface area (TPSA) is 84.4 Å². The van der Waals surface area contributed by atoms with Crippen LogP contribution in [0, 0.1) is 12.3 Å². The SMILES string of the molecule is Cc1ccc(N2CC(CC(=O)O)(CC(=O)N3CCN(CC=Cc4ccccc4)CC3)CN(Cc3ccc(Cl)cc3Cl)C2=O)cc1. The van der Waals surface area contributed by atoms with Gasteiger partial charge in [-0.1, -0.05) is 89.4 Å². The maximum atomic E-state index is 13.9. The van der Waals surface area contributed by atoms with Crippen molar-refractivity contribution in [2.24, 2.45) is 5.41 Å². The highest BCUT2D eigenvalue weighted by atomic mass is 35.5. The molecular formula is C35H38Cl2N4O4. The molecule has 0 radical (unpaired) electrons. The third kappa shape index (κ3) is 8.45. The lowest BCUT2D eigenvalue weighted by Crippen LogP contribution is -2.60. The normalized spacial score (nSPS) is 19.4. The van der Waals surface area contributed by atoms with Gasteiger partial charge in [0.1, 0.15) is 0 Å². The van der Waals surface area contributed by atoms with Gasteiger partial charge in [0.15, 0.2) is 0 Å². The zero-order chi connectivity index (χ0) is 32.0. The first-order chi connectivity index (χ1) is 21.6. The molecule has 2 saturated heterocycles. The van der Waals surface area contributed by atoms with Crippen LogP contribution in [0.4, 0.5) is 10.5 Å². The maximum absolute atomic E-state index is 13.9. The van der Waals surface area contributed by atoms with E-state index in [0.717, 1.165) is 30.8 Å². The molecule has 5 rings (SSSR count). The summed E-state index contributed by atoms with van der Waals surface area (Å²) in [6.07, 6.45) is 3.98. The van der Waals surface area contributed by atoms with Gasteiger partial charge in [-0.05, 0) is 42.3 Å². The number of carboxylic acid groups (broad SMARTS) is 1. The Morgan fingerprint density at radius 2 is 1.62 bits per heavy atom. The number of benzene rings is 3. The fourth-order valence-electron chi connectivity index (χ4n) is 6.12. The van der Waals surface area contributed by atoms with Crippen LogP contribution in [0.2, 0.25) is 10.0 Å². The summed E-state index contributed by atoms with van der Waals surface area (Å²) in [6, 6.07) is 22.5. The molecule has 0 bridgehead atoms. The number of rotatable bonds is 10. The van der Waals surface area contributed by atoms with Crippen LogP contribution in [0.5, 0.6) is 0 Å². The van der Waals surface area contributed by atoms with Crippen molar-refractivity contribution in [2.75, 3.05) is 50.7 Å². The minimum atomic E-state index is -1.02. The van der Waals surface area contributed by atoms with E-state index in [1.165, 1.54) is 0 Å². The van der Waals surface area contributed by atoms with Gasteiger partial charge in [0, 0.05) is 79.9 Å². The number of hydrogen-bond acceptors (Lipinski definition) is 4. The summed E-state index contributed by atoms with van der Waals surface area (Å²) >= 11 is 12.6. The predicted octanol–water partition coefficient (Wildman–Crippen LogP) is 6.45. The highest BCUT2D eigenvalue weighted by Crippen LogP contribution is 2.38. The number of urea groups is 1. The number of aryl methyl sites for hydroxylation is 1. The average molecular weight is 650 g/mol. The number of anilines is 1. The number of carboxylic acids is 1. The van der Waals surface area contributed by atoms with Gasteiger partial charge >= 0.3 is 12.0 Å². The minimum absolute atomic E-state index is 0.00764. The molecule has 3 aromatic rings. The van der Waals surface area contributed by atoms with Gasteiger partial charge in [-0.2, -0.15) is 0 Å². The highest BCUT2D eigenvalue weighted by molar-refractivity contribution is 6.35. The van der Waals surface area contributed by atoms with Gasteiger partial charge in [0.25, 0.3) is 0 Å². The number of carbonyl (C=O) groups excluding carboxylic acids is 2. The van der Waals surface area contributed by atoms with Gasteiger partial charge in [0.2, 0.25) is 5.91 Å². The average Bonchev–Trinajstić information content (AvgIpc) is 3.01. The molecule has 2 aliphatic rings. The van der Waals surface area contributed by atoms with Gasteiger partial charge < -0.3 is 14.9 Å². The minimum Gasteiger partial charge on any atom is -0.481 e. The van der Waals surface area contributed by atoms with Crippen molar-refractivity contribution in [3.05, 3.63) is 106 Å². The molecule has 2 aliphatic heterocycles. The third-order valence-electron chi connectivity index (χ3n) is 8.49. The van der Waals surface area contributed by atoms with E-state index in [1.54, 1.807) is 28.0 Å². The monoisotopic (exact) mass is 648 g/mol. The lowest BCUT2D eigenvalue weighted by atomic mass is 9.77. The fourth-order valence-corrected chi connectivity index (χ4v) is 6.59. The van der Waals surface area contributed by atoms with Crippen molar-refractivity contribution < 1.29 is 19.5 Å². The van der Waals surface area contributed by atoms with Crippen LogP contribution < -0.4 is 4.90 Å². The highest BCUT2D eigenvalue weighted by Gasteiger charge is 2.47. The van der Waals surface area contributed by atoms with E-state index in [-0.39, 0.29) is 44.4 Å². The van der Waals surface area contributed by atoms with E-state index in [2.05, 4.69) is 29.2 Å². The molecule has 10 heteroatoms. The summed E-state index contributed by atoms with van der Waals surface area (Å²) in [7, 11) is 0. The first-order valence-corrected chi connectivity index (χ1v) is 15.9. The molecule has 0 aromatic heterocycles. The first-order valence-electron chi connectivity index (χ1n) is 15.1. The van der Waals surface area contributed by atoms with Crippen molar-refractivity contribution >= 4 is 52.9 Å². The summed E-state index contributed by atoms with van der Waals surface area (Å²) in [4.78, 5) is 47.4. The zero-order valence-electron chi connectivity index (χ0n) is 25.4. The third-order valence-corrected chi connectivity index (χ3v) is 9.08. The Morgan fingerprint density at radius 3 is 2.29 bits per heavy atom. The standard InChI is InChI=1S/C35H38Cl2N4O4/c1-26-9-13-30(14-10-26)41-25-35(22-33(43)44,24-40(34(41)45)23-28-11-12-29(36)20-31(28)37)21-32(42)39-18-16-38(17-19-39)15-5-8-27-6-3-2-4-7-27/h2-14,20H,15-19,21-25H2,1H3,(H,43,44). The predicted molar refractivity (Wildman–Crippen MR) is 179 cm³/mol. The van der Waals surface area contributed by atoms with Crippen molar-refractivity contribution in [1.82, 2.24) is 14.7 Å². The van der Waals surface area contributed by atoms with Crippen molar-refractivity contribution in [1.29, 1.82) is 0 Å². The Balaban J connectivity index is 1.33. The molecule has 0 saturated carbocycles. The fraction of sp³-hybridized carbons (Fsp3) is 0.343.